The summed E-state index contributed by atoms with van der Waals surface area (Å²) in [5.41, 5.74) is 1.72. The van der Waals surface area contributed by atoms with Crippen LogP contribution in [0, 0.1) is 104 Å². The molecule has 13 nitrogen and oxygen atoms in total. The fourth-order valence-corrected chi connectivity index (χ4v) is 28.6. The molecule has 12 unspecified atom stereocenters. The molecule has 12 saturated carbocycles. The monoisotopic (exact) mass is 1250 g/mol. The lowest BCUT2D eigenvalue weighted by Gasteiger charge is -2.62. The fourth-order valence-electron chi connectivity index (χ4n) is 28.6. The molecule has 6 aliphatic heterocycles. The molecular formula is C77H124N4O9. The Kier molecular flexibility index (Phi) is 16.6. The molecule has 30 atom stereocenters. The highest BCUT2D eigenvalue weighted by Crippen LogP contribution is 2.72. The van der Waals surface area contributed by atoms with Gasteiger partial charge in [0.15, 0.2) is 0 Å². The molecule has 506 valence electrons. The minimum absolute atomic E-state index is 0.0452. The van der Waals surface area contributed by atoms with Crippen LogP contribution in [0.3, 0.4) is 0 Å². The number of epoxide rings is 2. The molecule has 18 rings (SSSR count). The van der Waals surface area contributed by atoms with Crippen LogP contribution < -0.4 is 0 Å². The molecular weight excluding hydrogens is 1120 g/mol. The summed E-state index contributed by atoms with van der Waals surface area (Å²) in [7, 11) is 0. The molecule has 18 fully saturated rings. The predicted molar refractivity (Wildman–Crippen MR) is 348 cm³/mol. The summed E-state index contributed by atoms with van der Waals surface area (Å²) in [6.45, 7) is 29.1. The number of hydrogen-bond donors (Lipinski definition) is 2. The van der Waals surface area contributed by atoms with E-state index in [-0.39, 0.29) is 58.6 Å². The molecule has 13 heteroatoms. The van der Waals surface area contributed by atoms with E-state index in [9.17, 15) is 19.8 Å². The van der Waals surface area contributed by atoms with Crippen molar-refractivity contribution >= 4 is 11.9 Å². The van der Waals surface area contributed by atoms with Gasteiger partial charge in [-0.25, -0.2) is 0 Å². The zero-order chi connectivity index (χ0) is 62.0. The SMILES string of the molecule is CC(=O)O[C@H]1[C@@H](N2CCCC2)CC2C3CCC4C[C@@H]5O[C@@H]5C[C@]4(C)C3CC[C@@]21C.CC(=O)O[C@H]1[C@@H](N2CCCC2)CC2C3CCC4C[C@H](O)[C@@H](N5CCOCC5)C[C@]4(C)C3CC[C@@]21C.C[C@]12C[C@H]3O[C@H]3CC1CCC1C2CC[C@@]2(C)C1C[C@H](N1CCCC1)[C@@H]2O. The number of likely N-dealkylation sites (tertiary alicyclic amines) is 3. The Morgan fingerprint density at radius 2 is 0.756 bits per heavy atom. The van der Waals surface area contributed by atoms with Crippen LogP contribution >= 0.6 is 0 Å². The zero-order valence-corrected chi connectivity index (χ0v) is 57.6. The normalized spacial score (nSPS) is 55.6. The van der Waals surface area contributed by atoms with Crippen molar-refractivity contribution in [1.29, 1.82) is 0 Å². The highest BCUT2D eigenvalue weighted by molar-refractivity contribution is 5.66. The number of morpholine rings is 1. The highest BCUT2D eigenvalue weighted by atomic mass is 16.6. The molecule has 0 radical (unpaired) electrons. The van der Waals surface area contributed by atoms with Gasteiger partial charge in [-0.15, -0.1) is 0 Å². The number of fused-ring (bicyclic) bond motifs is 17. The zero-order valence-electron chi connectivity index (χ0n) is 57.6. The van der Waals surface area contributed by atoms with Gasteiger partial charge in [-0.05, 0) is 305 Å². The Morgan fingerprint density at radius 3 is 1.19 bits per heavy atom. The van der Waals surface area contributed by atoms with Crippen molar-refractivity contribution in [2.45, 2.75) is 302 Å². The quantitative estimate of drug-likeness (QED) is 0.193. The molecule has 2 N–H and O–H groups in total. The first-order valence-corrected chi connectivity index (χ1v) is 38.8. The molecule has 90 heavy (non-hydrogen) atoms. The van der Waals surface area contributed by atoms with Crippen molar-refractivity contribution in [2.24, 2.45) is 104 Å². The molecule has 0 bridgehead atoms. The van der Waals surface area contributed by atoms with E-state index in [2.05, 4.69) is 61.1 Å². The van der Waals surface area contributed by atoms with E-state index in [0.717, 1.165) is 105 Å². The van der Waals surface area contributed by atoms with Crippen LogP contribution in [0.25, 0.3) is 0 Å². The lowest BCUT2D eigenvalue weighted by Crippen LogP contribution is -2.61. The Morgan fingerprint density at radius 1 is 0.389 bits per heavy atom. The number of rotatable bonds is 6. The minimum Gasteiger partial charge on any atom is -0.460 e. The van der Waals surface area contributed by atoms with Gasteiger partial charge in [0, 0.05) is 61.9 Å². The van der Waals surface area contributed by atoms with Gasteiger partial charge in [-0.2, -0.15) is 0 Å². The van der Waals surface area contributed by atoms with Crippen molar-refractivity contribution in [3.63, 3.8) is 0 Å². The molecule has 0 aromatic carbocycles. The number of ether oxygens (including phenoxy) is 5. The second kappa shape index (κ2) is 23.7. The molecule has 0 aromatic heterocycles. The average molecular weight is 1250 g/mol. The van der Waals surface area contributed by atoms with Gasteiger partial charge in [0.2, 0.25) is 0 Å². The van der Waals surface area contributed by atoms with Crippen LogP contribution in [-0.4, -0.2) is 180 Å². The van der Waals surface area contributed by atoms with E-state index in [0.29, 0.717) is 76.5 Å². The third-order valence-corrected chi connectivity index (χ3v) is 33.3. The first-order chi connectivity index (χ1) is 43.2. The molecule has 6 saturated heterocycles. The van der Waals surface area contributed by atoms with Crippen molar-refractivity contribution in [1.82, 2.24) is 19.6 Å². The largest absolute Gasteiger partial charge is 0.460 e. The van der Waals surface area contributed by atoms with E-state index < -0.39 is 0 Å². The second-order valence-electron chi connectivity index (χ2n) is 36.8. The van der Waals surface area contributed by atoms with Crippen LogP contribution in [-0.2, 0) is 33.3 Å². The maximum Gasteiger partial charge on any atom is 0.302 e. The Labute approximate surface area is 543 Å². The van der Waals surface area contributed by atoms with E-state index in [1.54, 1.807) is 13.8 Å². The van der Waals surface area contributed by atoms with E-state index in [4.69, 9.17) is 23.7 Å². The molecule has 18 aliphatic rings. The summed E-state index contributed by atoms with van der Waals surface area (Å²) in [5, 5.41) is 22.6. The molecule has 12 aliphatic carbocycles. The van der Waals surface area contributed by atoms with E-state index >= 15 is 0 Å². The van der Waals surface area contributed by atoms with Crippen molar-refractivity contribution in [2.75, 3.05) is 65.6 Å². The van der Waals surface area contributed by atoms with Crippen molar-refractivity contribution in [3.05, 3.63) is 0 Å². The summed E-state index contributed by atoms with van der Waals surface area (Å²) < 4.78 is 29.9. The predicted octanol–water partition coefficient (Wildman–Crippen LogP) is 12.0. The number of carbonyl (C=O) groups is 2. The van der Waals surface area contributed by atoms with Crippen molar-refractivity contribution in [3.8, 4) is 0 Å². The lowest BCUT2D eigenvalue weighted by molar-refractivity contribution is -0.172. The first-order valence-electron chi connectivity index (χ1n) is 38.8. The summed E-state index contributed by atoms with van der Waals surface area (Å²) >= 11 is 0. The third kappa shape index (κ3) is 10.3. The third-order valence-electron chi connectivity index (χ3n) is 33.3. The summed E-state index contributed by atoms with van der Waals surface area (Å²) in [6.07, 6.45) is 36.9. The number of aliphatic hydroxyl groups is 2. The van der Waals surface area contributed by atoms with Crippen LogP contribution in [0.4, 0.5) is 0 Å². The number of aliphatic hydroxyl groups excluding tert-OH is 2. The molecule has 0 aromatic rings. The fraction of sp³-hybridized carbons (Fsp3) is 0.974. The number of carbonyl (C=O) groups excluding carboxylic acids is 2. The minimum atomic E-state index is -0.198. The van der Waals surface area contributed by atoms with E-state index in [1.807, 2.05) is 0 Å². The standard InChI is InChI=1S/C29H48N2O4.C25H39NO3.C23H37NO2/c1-19(32)35-27-24(30-10-4-5-11-30)17-23-21-7-6-20-16-26(33)25(31-12-14-34-15-13-31)18-29(20,3)22(21)8-9-28(23,27)2;1-15(27)28-23-20(26-10-4-5-11-26)13-19-17-7-6-16-12-21-22(29-21)14-25(16,3)18(17)8-9-24(19,23)2;1-22-8-7-16-15(6-5-14-11-19-20(26-19)13-23(14,16)2)17(22)12-18(21(22)25)24-9-3-4-10-24/h20-27,33H,4-18H2,1-3H3;16-23H,4-14H2,1-3H3;14-21,25H,3-13H2,1-2H3/t20?,21?,22?,23?,24-,25-,26-,27-,28-,29-;16?,17?,18?,19?,20-,21-,22+,23-,24-,25-;14?,15?,16?,17?,18-,19-,20+,21-,22-,23-/m000/s1. The number of nitrogens with zero attached hydrogens (tertiary/aromatic N) is 4. The van der Waals surface area contributed by atoms with Gasteiger partial charge in [0.05, 0.1) is 49.8 Å². The highest BCUT2D eigenvalue weighted by Gasteiger charge is 2.70. The van der Waals surface area contributed by atoms with Crippen LogP contribution in [0.5, 0.6) is 0 Å². The molecule has 6 heterocycles. The van der Waals surface area contributed by atoms with Gasteiger partial charge < -0.3 is 33.9 Å². The number of esters is 2. The maximum atomic E-state index is 12.2. The van der Waals surface area contributed by atoms with E-state index in [1.165, 1.54) is 187 Å². The summed E-state index contributed by atoms with van der Waals surface area (Å²) in [4.78, 5) is 34.8. The first kappa shape index (κ1) is 63.3. The van der Waals surface area contributed by atoms with Gasteiger partial charge in [-0.1, -0.05) is 41.5 Å². The van der Waals surface area contributed by atoms with Crippen LogP contribution in [0.2, 0.25) is 0 Å². The summed E-state index contributed by atoms with van der Waals surface area (Å²) in [6, 6.07) is 1.57. The lowest BCUT2D eigenvalue weighted by atomic mass is 9.44. The van der Waals surface area contributed by atoms with Crippen molar-refractivity contribution < 1.29 is 43.5 Å². The second-order valence-corrected chi connectivity index (χ2v) is 36.8. The smallest absolute Gasteiger partial charge is 0.302 e. The topological polar surface area (TPSA) is 140 Å². The number of hydrogen-bond acceptors (Lipinski definition) is 13. The molecule has 0 spiro atoms. The Balaban J connectivity index is 0.000000109. The van der Waals surface area contributed by atoms with Crippen LogP contribution in [0.1, 0.15) is 229 Å². The van der Waals surface area contributed by atoms with Gasteiger partial charge in [0.25, 0.3) is 0 Å². The average Bonchev–Trinajstić information content (AvgIpc) is 1.41. The van der Waals surface area contributed by atoms with Gasteiger partial charge in [0.1, 0.15) is 12.2 Å². The van der Waals surface area contributed by atoms with Gasteiger partial charge >= 0.3 is 11.9 Å². The maximum absolute atomic E-state index is 12.2. The Hall–Kier alpha value is -1.42. The van der Waals surface area contributed by atoms with Crippen LogP contribution in [0.15, 0.2) is 0 Å². The molecule has 0 amide bonds. The van der Waals surface area contributed by atoms with Gasteiger partial charge in [-0.3, -0.25) is 29.2 Å². The summed E-state index contributed by atoms with van der Waals surface area (Å²) in [5.74, 6) is 9.18. The Bertz CT molecular complexity index is 2620.